The van der Waals surface area contributed by atoms with Crippen molar-refractivity contribution in [2.24, 2.45) is 0 Å². The fourth-order valence-electron chi connectivity index (χ4n) is 3.06. The van der Waals surface area contributed by atoms with Crippen LogP contribution >= 0.6 is 0 Å². The van der Waals surface area contributed by atoms with Gasteiger partial charge in [-0.2, -0.15) is 0 Å². The van der Waals surface area contributed by atoms with Gasteiger partial charge in [-0.3, -0.25) is 4.79 Å². The molecule has 2 heterocycles. The van der Waals surface area contributed by atoms with E-state index in [1.807, 2.05) is 23.1 Å². The van der Waals surface area contributed by atoms with Gasteiger partial charge in [-0.15, -0.1) is 0 Å². The Balaban J connectivity index is 1.47. The number of piperidine rings is 1. The van der Waals surface area contributed by atoms with Crippen molar-refractivity contribution in [1.82, 2.24) is 9.47 Å². The number of hydrogen-bond donors (Lipinski definition) is 0. The molecule has 3 nitrogen and oxygen atoms in total. The molecule has 110 valence electrons. The molecule has 1 saturated heterocycles. The molecule has 3 rings (SSSR count). The third kappa shape index (κ3) is 3.54. The van der Waals surface area contributed by atoms with Gasteiger partial charge in [0, 0.05) is 37.9 Å². The summed E-state index contributed by atoms with van der Waals surface area (Å²) < 4.78 is 2.27. The summed E-state index contributed by atoms with van der Waals surface area (Å²) in [6, 6.07) is 14.9. The topological polar surface area (TPSA) is 25.2 Å². The smallest absolute Gasteiger partial charge is 0.222 e. The van der Waals surface area contributed by atoms with Crippen molar-refractivity contribution in [3.8, 4) is 0 Å². The van der Waals surface area contributed by atoms with Crippen LogP contribution in [0.1, 0.15) is 30.9 Å². The Morgan fingerprint density at radius 1 is 1.00 bits per heavy atom. The molecule has 0 saturated carbocycles. The first-order chi connectivity index (χ1) is 10.3. The van der Waals surface area contributed by atoms with Crippen LogP contribution in [0.25, 0.3) is 0 Å². The van der Waals surface area contributed by atoms with E-state index in [4.69, 9.17) is 0 Å². The number of nitrogens with zero attached hydrogens (tertiary/aromatic N) is 2. The van der Waals surface area contributed by atoms with Gasteiger partial charge in [0.25, 0.3) is 0 Å². The zero-order valence-electron chi connectivity index (χ0n) is 12.3. The van der Waals surface area contributed by atoms with Crippen LogP contribution in [0.4, 0.5) is 0 Å². The highest BCUT2D eigenvalue weighted by Gasteiger charge is 2.22. The summed E-state index contributed by atoms with van der Waals surface area (Å²) in [5, 5.41) is 0. The van der Waals surface area contributed by atoms with Gasteiger partial charge in [0.05, 0.1) is 0 Å². The number of amides is 1. The number of benzene rings is 1. The quantitative estimate of drug-likeness (QED) is 0.845. The van der Waals surface area contributed by atoms with Crippen molar-refractivity contribution in [3.63, 3.8) is 0 Å². The predicted molar refractivity (Wildman–Crippen MR) is 84.0 cm³/mol. The van der Waals surface area contributed by atoms with Crippen molar-refractivity contribution in [3.05, 3.63) is 60.4 Å². The molecule has 1 aromatic carbocycles. The van der Waals surface area contributed by atoms with Crippen molar-refractivity contribution < 1.29 is 4.79 Å². The zero-order valence-corrected chi connectivity index (χ0v) is 12.3. The van der Waals surface area contributed by atoms with E-state index in [9.17, 15) is 4.79 Å². The number of carbonyl (C=O) groups is 1. The third-order valence-electron chi connectivity index (χ3n) is 4.34. The molecule has 1 aliphatic heterocycles. The van der Waals surface area contributed by atoms with Gasteiger partial charge < -0.3 is 9.47 Å². The van der Waals surface area contributed by atoms with Gasteiger partial charge in [0.1, 0.15) is 0 Å². The van der Waals surface area contributed by atoms with E-state index in [2.05, 4.69) is 41.2 Å². The number of carbonyl (C=O) groups excluding carboxylic acids is 1. The highest BCUT2D eigenvalue weighted by atomic mass is 16.2. The fraction of sp³-hybridized carbons (Fsp3) is 0.389. The highest BCUT2D eigenvalue weighted by Crippen LogP contribution is 2.23. The third-order valence-corrected chi connectivity index (χ3v) is 4.34. The molecular weight excluding hydrogens is 260 g/mol. The second-order valence-electron chi connectivity index (χ2n) is 5.73. The first-order valence-electron chi connectivity index (χ1n) is 7.77. The van der Waals surface area contributed by atoms with Crippen LogP contribution in [0.3, 0.4) is 0 Å². The van der Waals surface area contributed by atoms with E-state index in [0.717, 1.165) is 32.4 Å². The van der Waals surface area contributed by atoms with Crippen LogP contribution in [-0.4, -0.2) is 28.5 Å². The van der Waals surface area contributed by atoms with Crippen LogP contribution in [0.15, 0.2) is 54.9 Å². The monoisotopic (exact) mass is 282 g/mol. The van der Waals surface area contributed by atoms with Crippen LogP contribution in [0, 0.1) is 0 Å². The Morgan fingerprint density at radius 3 is 2.33 bits per heavy atom. The number of rotatable bonds is 4. The summed E-state index contributed by atoms with van der Waals surface area (Å²) >= 11 is 0. The lowest BCUT2D eigenvalue weighted by Gasteiger charge is -2.33. The molecule has 0 spiro atoms. The standard InChI is InChI=1S/C18H22N2O/c21-18(9-8-16-6-2-1-3-7-16)20-14-10-17(11-15-20)19-12-4-5-13-19/h1-7,12-13,17H,8-11,14-15H2. The molecule has 3 heteroatoms. The Bertz CT molecular complexity index is 554. The zero-order chi connectivity index (χ0) is 14.5. The van der Waals surface area contributed by atoms with Crippen molar-refractivity contribution >= 4 is 5.91 Å². The molecule has 0 aliphatic carbocycles. The molecule has 0 radical (unpaired) electrons. The Morgan fingerprint density at radius 2 is 1.67 bits per heavy atom. The average molecular weight is 282 g/mol. The molecule has 0 N–H and O–H groups in total. The number of hydrogen-bond acceptors (Lipinski definition) is 1. The summed E-state index contributed by atoms with van der Waals surface area (Å²) in [5.41, 5.74) is 1.24. The molecule has 2 aromatic rings. The fourth-order valence-corrected chi connectivity index (χ4v) is 3.06. The first kappa shape index (κ1) is 13.9. The van der Waals surface area contributed by atoms with Gasteiger partial charge in [0.15, 0.2) is 0 Å². The Kier molecular flexibility index (Phi) is 4.39. The first-order valence-corrected chi connectivity index (χ1v) is 7.77. The molecule has 0 unspecified atom stereocenters. The van der Waals surface area contributed by atoms with E-state index >= 15 is 0 Å². The second-order valence-corrected chi connectivity index (χ2v) is 5.73. The van der Waals surface area contributed by atoms with Gasteiger partial charge in [-0.05, 0) is 37.0 Å². The van der Waals surface area contributed by atoms with Crippen molar-refractivity contribution in [2.75, 3.05) is 13.1 Å². The molecule has 1 aliphatic rings. The lowest BCUT2D eigenvalue weighted by atomic mass is 10.0. The van der Waals surface area contributed by atoms with Crippen molar-refractivity contribution in [1.29, 1.82) is 0 Å². The molecule has 1 amide bonds. The maximum absolute atomic E-state index is 12.3. The molecule has 0 bridgehead atoms. The van der Waals surface area contributed by atoms with E-state index in [1.54, 1.807) is 0 Å². The van der Waals surface area contributed by atoms with Gasteiger partial charge >= 0.3 is 0 Å². The minimum Gasteiger partial charge on any atom is -0.351 e. The van der Waals surface area contributed by atoms with Crippen molar-refractivity contribution in [2.45, 2.75) is 31.7 Å². The molecule has 0 atom stereocenters. The summed E-state index contributed by atoms with van der Waals surface area (Å²) in [5.74, 6) is 0.296. The summed E-state index contributed by atoms with van der Waals surface area (Å²) in [6.45, 7) is 1.77. The number of aromatic nitrogens is 1. The summed E-state index contributed by atoms with van der Waals surface area (Å²) in [7, 11) is 0. The number of aryl methyl sites for hydroxylation is 1. The largest absolute Gasteiger partial charge is 0.351 e. The summed E-state index contributed by atoms with van der Waals surface area (Å²) in [6.07, 6.45) is 7.84. The van der Waals surface area contributed by atoms with Gasteiger partial charge in [-0.1, -0.05) is 30.3 Å². The minimum absolute atomic E-state index is 0.296. The maximum atomic E-state index is 12.3. The maximum Gasteiger partial charge on any atom is 0.222 e. The van der Waals surface area contributed by atoms with Crippen LogP contribution in [0.5, 0.6) is 0 Å². The Hall–Kier alpha value is -2.03. The number of likely N-dealkylation sites (tertiary alicyclic amines) is 1. The van der Waals surface area contributed by atoms with E-state index in [0.29, 0.717) is 18.4 Å². The van der Waals surface area contributed by atoms with E-state index in [1.165, 1.54) is 5.56 Å². The van der Waals surface area contributed by atoms with Crippen LogP contribution < -0.4 is 0 Å². The highest BCUT2D eigenvalue weighted by molar-refractivity contribution is 5.76. The van der Waals surface area contributed by atoms with E-state index < -0.39 is 0 Å². The molecule has 1 aromatic heterocycles. The van der Waals surface area contributed by atoms with Crippen LogP contribution in [0.2, 0.25) is 0 Å². The normalized spacial score (nSPS) is 16.1. The van der Waals surface area contributed by atoms with Crippen LogP contribution in [-0.2, 0) is 11.2 Å². The SMILES string of the molecule is O=C(CCc1ccccc1)N1CCC(n2cccc2)CC1. The predicted octanol–water partition coefficient (Wildman–Crippen LogP) is 3.28. The lowest BCUT2D eigenvalue weighted by Crippen LogP contribution is -2.39. The Labute approximate surface area is 126 Å². The second kappa shape index (κ2) is 6.61. The lowest BCUT2D eigenvalue weighted by molar-refractivity contribution is -0.132. The van der Waals surface area contributed by atoms with E-state index in [-0.39, 0.29) is 0 Å². The molecular formula is C18H22N2O. The average Bonchev–Trinajstić information content (AvgIpc) is 3.08. The molecule has 21 heavy (non-hydrogen) atoms. The van der Waals surface area contributed by atoms with Gasteiger partial charge in [-0.25, -0.2) is 0 Å². The summed E-state index contributed by atoms with van der Waals surface area (Å²) in [4.78, 5) is 14.3. The molecule has 1 fully saturated rings. The van der Waals surface area contributed by atoms with Gasteiger partial charge in [0.2, 0.25) is 5.91 Å². The minimum atomic E-state index is 0.296.